The molecule has 0 aromatic carbocycles. The van der Waals surface area contributed by atoms with Gasteiger partial charge in [-0.1, -0.05) is 26.7 Å². The van der Waals surface area contributed by atoms with E-state index in [2.05, 4.69) is 29.5 Å². The summed E-state index contributed by atoms with van der Waals surface area (Å²) in [5.74, 6) is 1.33. The van der Waals surface area contributed by atoms with Gasteiger partial charge in [-0.05, 0) is 26.2 Å². The fourth-order valence-electron chi connectivity index (χ4n) is 1.71. The third kappa shape index (κ3) is 11.8. The number of aliphatic imine (C=N–C) groups is 1. The highest BCUT2D eigenvalue weighted by molar-refractivity contribution is 5.80. The highest BCUT2D eigenvalue weighted by Crippen LogP contribution is 2.04. The molecule has 0 amide bonds. The summed E-state index contributed by atoms with van der Waals surface area (Å²) in [5.41, 5.74) is 0. The number of ether oxygens (including phenoxy) is 1. The van der Waals surface area contributed by atoms with Crippen LogP contribution in [0.1, 0.15) is 53.4 Å². The van der Waals surface area contributed by atoms with E-state index in [1.807, 2.05) is 13.8 Å². The molecule has 0 radical (unpaired) electrons. The maximum atomic E-state index is 11.4. The average molecular weight is 285 g/mol. The second-order valence-corrected chi connectivity index (χ2v) is 5.60. The van der Waals surface area contributed by atoms with Gasteiger partial charge in [0.15, 0.2) is 5.96 Å². The minimum absolute atomic E-state index is 0.0547. The molecule has 0 aliphatic heterocycles. The summed E-state index contributed by atoms with van der Waals surface area (Å²) in [6.07, 6.45) is 3.92. The molecule has 5 heteroatoms. The molecule has 0 bridgehead atoms. The third-order valence-electron chi connectivity index (χ3n) is 2.71. The van der Waals surface area contributed by atoms with Crippen LogP contribution in [0.4, 0.5) is 0 Å². The lowest BCUT2D eigenvalue weighted by atomic mass is 10.1. The molecule has 0 spiro atoms. The van der Waals surface area contributed by atoms with Crippen molar-refractivity contribution in [3.63, 3.8) is 0 Å². The summed E-state index contributed by atoms with van der Waals surface area (Å²) in [6, 6.07) is 0. The Labute approximate surface area is 123 Å². The van der Waals surface area contributed by atoms with Gasteiger partial charge in [-0.2, -0.15) is 0 Å². The number of unbranched alkanes of at least 4 members (excludes halogenated alkanes) is 1. The minimum Gasteiger partial charge on any atom is -0.463 e. The second kappa shape index (κ2) is 11.6. The van der Waals surface area contributed by atoms with Crippen LogP contribution in [0.15, 0.2) is 4.99 Å². The van der Waals surface area contributed by atoms with E-state index in [1.54, 1.807) is 7.05 Å². The third-order valence-corrected chi connectivity index (χ3v) is 2.71. The number of rotatable bonds is 9. The van der Waals surface area contributed by atoms with Crippen molar-refractivity contribution in [2.45, 2.75) is 59.5 Å². The SMILES string of the molecule is CN=C(NCCCCC(C)C)NCCC(=O)OC(C)C. The molecule has 0 saturated heterocycles. The van der Waals surface area contributed by atoms with Gasteiger partial charge in [-0.15, -0.1) is 0 Å². The molecular formula is C15H31N3O2. The molecule has 0 aliphatic rings. The van der Waals surface area contributed by atoms with Gasteiger partial charge in [0, 0.05) is 20.1 Å². The summed E-state index contributed by atoms with van der Waals surface area (Å²) < 4.78 is 5.06. The Hall–Kier alpha value is -1.26. The van der Waals surface area contributed by atoms with E-state index in [-0.39, 0.29) is 12.1 Å². The molecule has 0 heterocycles. The van der Waals surface area contributed by atoms with Crippen LogP contribution in [0.3, 0.4) is 0 Å². The minimum atomic E-state index is -0.181. The standard InChI is InChI=1S/C15H31N3O2/c1-12(2)8-6-7-10-17-15(16-5)18-11-9-14(19)20-13(3)4/h12-13H,6-11H2,1-5H3,(H2,16,17,18). The van der Waals surface area contributed by atoms with Crippen LogP contribution in [-0.2, 0) is 9.53 Å². The molecule has 0 aromatic rings. The van der Waals surface area contributed by atoms with Gasteiger partial charge in [0.1, 0.15) is 0 Å². The number of guanidine groups is 1. The van der Waals surface area contributed by atoms with Gasteiger partial charge in [-0.25, -0.2) is 0 Å². The molecule has 0 saturated carbocycles. The average Bonchev–Trinajstić information content (AvgIpc) is 2.34. The topological polar surface area (TPSA) is 62.7 Å². The van der Waals surface area contributed by atoms with E-state index >= 15 is 0 Å². The number of hydrogen-bond acceptors (Lipinski definition) is 3. The summed E-state index contributed by atoms with van der Waals surface area (Å²) in [5, 5.41) is 6.36. The predicted molar refractivity (Wildman–Crippen MR) is 83.9 cm³/mol. The van der Waals surface area contributed by atoms with Crippen molar-refractivity contribution in [3.05, 3.63) is 0 Å². The van der Waals surface area contributed by atoms with Crippen LogP contribution in [0.25, 0.3) is 0 Å². The molecule has 0 atom stereocenters. The van der Waals surface area contributed by atoms with Gasteiger partial charge in [0.25, 0.3) is 0 Å². The zero-order valence-corrected chi connectivity index (χ0v) is 13.7. The zero-order valence-electron chi connectivity index (χ0n) is 13.7. The smallest absolute Gasteiger partial charge is 0.307 e. The lowest BCUT2D eigenvalue weighted by Gasteiger charge is -2.12. The first-order valence-corrected chi connectivity index (χ1v) is 7.59. The Morgan fingerprint density at radius 2 is 1.75 bits per heavy atom. The first-order chi connectivity index (χ1) is 9.45. The lowest BCUT2D eigenvalue weighted by Crippen LogP contribution is -2.38. The predicted octanol–water partition coefficient (Wildman–Crippen LogP) is 2.32. The van der Waals surface area contributed by atoms with Crippen molar-refractivity contribution in [1.82, 2.24) is 10.6 Å². The summed E-state index contributed by atoms with van der Waals surface area (Å²) >= 11 is 0. The normalized spacial score (nSPS) is 11.8. The maximum Gasteiger partial charge on any atom is 0.307 e. The largest absolute Gasteiger partial charge is 0.463 e. The number of nitrogens with zero attached hydrogens (tertiary/aromatic N) is 1. The number of carbonyl (C=O) groups excluding carboxylic acids is 1. The van der Waals surface area contributed by atoms with Crippen LogP contribution in [-0.4, -0.2) is 38.2 Å². The second-order valence-electron chi connectivity index (χ2n) is 5.60. The van der Waals surface area contributed by atoms with E-state index in [4.69, 9.17) is 4.74 Å². The van der Waals surface area contributed by atoms with Gasteiger partial charge in [0.05, 0.1) is 12.5 Å². The van der Waals surface area contributed by atoms with E-state index in [1.165, 1.54) is 12.8 Å². The zero-order chi connectivity index (χ0) is 15.4. The molecule has 5 nitrogen and oxygen atoms in total. The molecule has 118 valence electrons. The maximum absolute atomic E-state index is 11.4. The van der Waals surface area contributed by atoms with E-state index in [0.717, 1.165) is 24.8 Å². The highest BCUT2D eigenvalue weighted by atomic mass is 16.5. The van der Waals surface area contributed by atoms with Crippen LogP contribution < -0.4 is 10.6 Å². The first-order valence-electron chi connectivity index (χ1n) is 7.59. The Kier molecular flexibility index (Phi) is 10.8. The van der Waals surface area contributed by atoms with Crippen molar-refractivity contribution < 1.29 is 9.53 Å². The number of nitrogens with one attached hydrogen (secondary N) is 2. The van der Waals surface area contributed by atoms with E-state index in [9.17, 15) is 4.79 Å². The molecule has 0 fully saturated rings. The molecule has 0 aliphatic carbocycles. The van der Waals surface area contributed by atoms with E-state index in [0.29, 0.717) is 13.0 Å². The van der Waals surface area contributed by atoms with Crippen molar-refractivity contribution in [2.75, 3.05) is 20.1 Å². The lowest BCUT2D eigenvalue weighted by molar-refractivity contribution is -0.147. The molecule has 0 unspecified atom stereocenters. The fraction of sp³-hybridized carbons (Fsp3) is 0.867. The number of carbonyl (C=O) groups is 1. The summed E-state index contributed by atoms with van der Waals surface area (Å²) in [4.78, 5) is 15.5. The van der Waals surface area contributed by atoms with Crippen molar-refractivity contribution >= 4 is 11.9 Å². The van der Waals surface area contributed by atoms with Crippen LogP contribution in [0, 0.1) is 5.92 Å². The first kappa shape index (κ1) is 18.7. The number of esters is 1. The monoisotopic (exact) mass is 285 g/mol. The Balaban J connectivity index is 3.65. The molecule has 0 rings (SSSR count). The summed E-state index contributed by atoms with van der Waals surface area (Å²) in [7, 11) is 1.73. The highest BCUT2D eigenvalue weighted by Gasteiger charge is 2.05. The van der Waals surface area contributed by atoms with Crippen LogP contribution >= 0.6 is 0 Å². The quantitative estimate of drug-likeness (QED) is 0.295. The van der Waals surface area contributed by atoms with Crippen LogP contribution in [0.5, 0.6) is 0 Å². The Morgan fingerprint density at radius 3 is 2.30 bits per heavy atom. The Morgan fingerprint density at radius 1 is 1.10 bits per heavy atom. The summed E-state index contributed by atoms with van der Waals surface area (Å²) in [6.45, 7) is 9.63. The Bertz CT molecular complexity index is 289. The van der Waals surface area contributed by atoms with Gasteiger partial charge < -0.3 is 15.4 Å². The van der Waals surface area contributed by atoms with E-state index < -0.39 is 0 Å². The van der Waals surface area contributed by atoms with Gasteiger partial charge >= 0.3 is 5.97 Å². The van der Waals surface area contributed by atoms with Crippen molar-refractivity contribution in [3.8, 4) is 0 Å². The molecule has 2 N–H and O–H groups in total. The van der Waals surface area contributed by atoms with Crippen LogP contribution in [0.2, 0.25) is 0 Å². The molecule has 20 heavy (non-hydrogen) atoms. The van der Waals surface area contributed by atoms with Crippen molar-refractivity contribution in [2.24, 2.45) is 10.9 Å². The molecular weight excluding hydrogens is 254 g/mol. The number of hydrogen-bond donors (Lipinski definition) is 2. The van der Waals surface area contributed by atoms with Gasteiger partial charge in [-0.3, -0.25) is 9.79 Å². The van der Waals surface area contributed by atoms with Crippen molar-refractivity contribution in [1.29, 1.82) is 0 Å². The molecule has 0 aromatic heterocycles. The van der Waals surface area contributed by atoms with Gasteiger partial charge in [0.2, 0.25) is 0 Å². The fourth-order valence-corrected chi connectivity index (χ4v) is 1.71.